The van der Waals surface area contributed by atoms with Crippen LogP contribution in [0.15, 0.2) is 42.7 Å². The molecule has 0 aliphatic heterocycles. The lowest BCUT2D eigenvalue weighted by Gasteiger charge is -2.07. The molecule has 2 rings (SSSR count). The highest BCUT2D eigenvalue weighted by molar-refractivity contribution is 5.25. The van der Waals surface area contributed by atoms with E-state index in [1.54, 1.807) is 0 Å². The van der Waals surface area contributed by atoms with Gasteiger partial charge in [-0.25, -0.2) is 0 Å². The molecule has 2 nitrogen and oxygen atoms in total. The Kier molecular flexibility index (Phi) is 3.89. The molecule has 1 aromatic heterocycles. The van der Waals surface area contributed by atoms with Gasteiger partial charge in [0, 0.05) is 25.5 Å². The van der Waals surface area contributed by atoms with E-state index in [2.05, 4.69) is 54.5 Å². The summed E-state index contributed by atoms with van der Waals surface area (Å²) in [4.78, 5) is 4.19. The third-order valence-corrected chi connectivity index (χ3v) is 2.84. The smallest absolute Gasteiger partial charge is 0.0313 e. The molecule has 0 spiro atoms. The SMILES string of the molecule is Cc1cncc(CNCc2ccccc2C)c1. The van der Waals surface area contributed by atoms with Gasteiger partial charge in [-0.3, -0.25) is 4.98 Å². The first kappa shape index (κ1) is 11.8. The maximum Gasteiger partial charge on any atom is 0.0313 e. The molecule has 17 heavy (non-hydrogen) atoms. The molecule has 0 fully saturated rings. The Labute approximate surface area is 103 Å². The number of pyridine rings is 1. The topological polar surface area (TPSA) is 24.9 Å². The Morgan fingerprint density at radius 1 is 1.06 bits per heavy atom. The zero-order valence-corrected chi connectivity index (χ0v) is 10.4. The number of rotatable bonds is 4. The summed E-state index contributed by atoms with van der Waals surface area (Å²) in [6.45, 7) is 5.98. The minimum absolute atomic E-state index is 0.864. The van der Waals surface area contributed by atoms with Gasteiger partial charge in [0.25, 0.3) is 0 Å². The first-order valence-corrected chi connectivity index (χ1v) is 5.91. The van der Waals surface area contributed by atoms with E-state index in [0.29, 0.717) is 0 Å². The molecule has 0 saturated heterocycles. The summed E-state index contributed by atoms with van der Waals surface area (Å²) in [5, 5.41) is 3.45. The van der Waals surface area contributed by atoms with E-state index in [9.17, 15) is 0 Å². The van der Waals surface area contributed by atoms with Crippen molar-refractivity contribution in [3.63, 3.8) is 0 Å². The molecule has 0 saturated carbocycles. The van der Waals surface area contributed by atoms with Crippen molar-refractivity contribution in [3.05, 3.63) is 65.0 Å². The first-order valence-electron chi connectivity index (χ1n) is 5.91. The largest absolute Gasteiger partial charge is 0.309 e. The van der Waals surface area contributed by atoms with E-state index in [0.717, 1.165) is 13.1 Å². The minimum Gasteiger partial charge on any atom is -0.309 e. The van der Waals surface area contributed by atoms with Crippen LogP contribution in [0.5, 0.6) is 0 Å². The molecule has 1 heterocycles. The molecule has 0 aliphatic rings. The number of aryl methyl sites for hydroxylation is 2. The second-order valence-corrected chi connectivity index (χ2v) is 4.40. The quantitative estimate of drug-likeness (QED) is 0.867. The highest BCUT2D eigenvalue weighted by atomic mass is 14.8. The van der Waals surface area contributed by atoms with Crippen molar-refractivity contribution >= 4 is 0 Å². The van der Waals surface area contributed by atoms with Gasteiger partial charge in [-0.2, -0.15) is 0 Å². The van der Waals surface area contributed by atoms with Gasteiger partial charge in [0.1, 0.15) is 0 Å². The molecule has 0 atom stereocenters. The number of hydrogen-bond donors (Lipinski definition) is 1. The highest BCUT2D eigenvalue weighted by Crippen LogP contribution is 2.07. The average Bonchev–Trinajstić information content (AvgIpc) is 2.32. The number of aromatic nitrogens is 1. The average molecular weight is 226 g/mol. The van der Waals surface area contributed by atoms with E-state index < -0.39 is 0 Å². The van der Waals surface area contributed by atoms with Crippen molar-refractivity contribution in [1.29, 1.82) is 0 Å². The van der Waals surface area contributed by atoms with Gasteiger partial charge >= 0.3 is 0 Å². The molecule has 0 radical (unpaired) electrons. The lowest BCUT2D eigenvalue weighted by Crippen LogP contribution is -2.13. The van der Waals surface area contributed by atoms with Gasteiger partial charge in [0.15, 0.2) is 0 Å². The van der Waals surface area contributed by atoms with Crippen LogP contribution in [0.2, 0.25) is 0 Å². The van der Waals surface area contributed by atoms with Gasteiger partial charge in [0.2, 0.25) is 0 Å². The van der Waals surface area contributed by atoms with E-state index >= 15 is 0 Å². The summed E-state index contributed by atoms with van der Waals surface area (Å²) in [6.07, 6.45) is 3.79. The van der Waals surface area contributed by atoms with Gasteiger partial charge in [0.05, 0.1) is 0 Å². The zero-order valence-electron chi connectivity index (χ0n) is 10.4. The van der Waals surface area contributed by atoms with Crippen molar-refractivity contribution < 1.29 is 0 Å². The summed E-state index contributed by atoms with van der Waals surface area (Å²) in [5.74, 6) is 0. The maximum atomic E-state index is 4.19. The summed E-state index contributed by atoms with van der Waals surface area (Å²) in [5.41, 5.74) is 5.13. The van der Waals surface area contributed by atoms with Gasteiger partial charge in [-0.05, 0) is 36.1 Å². The molecule has 0 amide bonds. The number of nitrogens with zero attached hydrogens (tertiary/aromatic N) is 1. The van der Waals surface area contributed by atoms with Crippen molar-refractivity contribution in [3.8, 4) is 0 Å². The Morgan fingerprint density at radius 3 is 2.65 bits per heavy atom. The Hall–Kier alpha value is -1.67. The van der Waals surface area contributed by atoms with Crippen LogP contribution in [0.25, 0.3) is 0 Å². The van der Waals surface area contributed by atoms with Crippen LogP contribution < -0.4 is 5.32 Å². The Morgan fingerprint density at radius 2 is 1.88 bits per heavy atom. The fourth-order valence-corrected chi connectivity index (χ4v) is 1.86. The Bertz CT molecular complexity index is 492. The van der Waals surface area contributed by atoms with Crippen LogP contribution >= 0.6 is 0 Å². The molecule has 1 N–H and O–H groups in total. The third kappa shape index (κ3) is 3.40. The fourth-order valence-electron chi connectivity index (χ4n) is 1.86. The second kappa shape index (κ2) is 5.60. The van der Waals surface area contributed by atoms with E-state index in [4.69, 9.17) is 0 Å². The normalized spacial score (nSPS) is 10.5. The van der Waals surface area contributed by atoms with Crippen molar-refractivity contribution in [2.24, 2.45) is 0 Å². The van der Waals surface area contributed by atoms with Crippen molar-refractivity contribution in [2.75, 3.05) is 0 Å². The molecule has 88 valence electrons. The van der Waals surface area contributed by atoms with Crippen LogP contribution in [0.1, 0.15) is 22.3 Å². The standard InChI is InChI=1S/C15H18N2/c1-12-7-14(9-16-8-12)10-17-11-15-6-4-3-5-13(15)2/h3-9,17H,10-11H2,1-2H3. The van der Waals surface area contributed by atoms with E-state index in [-0.39, 0.29) is 0 Å². The predicted molar refractivity (Wildman–Crippen MR) is 70.7 cm³/mol. The molecule has 0 unspecified atom stereocenters. The summed E-state index contributed by atoms with van der Waals surface area (Å²) >= 11 is 0. The molecule has 0 aliphatic carbocycles. The van der Waals surface area contributed by atoms with E-state index in [1.807, 2.05) is 12.4 Å². The second-order valence-electron chi connectivity index (χ2n) is 4.40. The Balaban J connectivity index is 1.90. The maximum absolute atomic E-state index is 4.19. The van der Waals surface area contributed by atoms with Gasteiger partial charge in [-0.15, -0.1) is 0 Å². The fraction of sp³-hybridized carbons (Fsp3) is 0.267. The van der Waals surface area contributed by atoms with Crippen LogP contribution in [-0.4, -0.2) is 4.98 Å². The zero-order chi connectivity index (χ0) is 12.1. The number of hydrogen-bond acceptors (Lipinski definition) is 2. The minimum atomic E-state index is 0.864. The van der Waals surface area contributed by atoms with E-state index in [1.165, 1.54) is 22.3 Å². The summed E-state index contributed by atoms with van der Waals surface area (Å²) < 4.78 is 0. The number of nitrogens with one attached hydrogen (secondary N) is 1. The van der Waals surface area contributed by atoms with Crippen LogP contribution in [0.4, 0.5) is 0 Å². The molecular formula is C15H18N2. The first-order chi connectivity index (χ1) is 8.25. The molecule has 1 aromatic carbocycles. The van der Waals surface area contributed by atoms with Crippen LogP contribution in [0.3, 0.4) is 0 Å². The molecule has 2 aromatic rings. The lowest BCUT2D eigenvalue weighted by atomic mass is 10.1. The molecule has 0 bridgehead atoms. The highest BCUT2D eigenvalue weighted by Gasteiger charge is 1.97. The monoisotopic (exact) mass is 226 g/mol. The van der Waals surface area contributed by atoms with Gasteiger partial charge in [-0.1, -0.05) is 30.3 Å². The summed E-state index contributed by atoms with van der Waals surface area (Å²) in [7, 11) is 0. The third-order valence-electron chi connectivity index (χ3n) is 2.84. The molecular weight excluding hydrogens is 208 g/mol. The van der Waals surface area contributed by atoms with Crippen molar-refractivity contribution in [2.45, 2.75) is 26.9 Å². The van der Waals surface area contributed by atoms with Crippen molar-refractivity contribution in [1.82, 2.24) is 10.3 Å². The van der Waals surface area contributed by atoms with Gasteiger partial charge < -0.3 is 5.32 Å². The lowest BCUT2D eigenvalue weighted by molar-refractivity contribution is 0.688. The predicted octanol–water partition coefficient (Wildman–Crippen LogP) is 2.99. The summed E-state index contributed by atoms with van der Waals surface area (Å²) in [6, 6.07) is 10.6. The van der Waals surface area contributed by atoms with Crippen LogP contribution in [-0.2, 0) is 13.1 Å². The van der Waals surface area contributed by atoms with Crippen LogP contribution in [0, 0.1) is 13.8 Å². The number of benzene rings is 1. The molecule has 2 heteroatoms.